The van der Waals surface area contributed by atoms with Gasteiger partial charge >= 0.3 is 0 Å². The quantitative estimate of drug-likeness (QED) is 0.626. The number of ether oxygens (including phenoxy) is 2. The van der Waals surface area contributed by atoms with Gasteiger partial charge in [0.05, 0.1) is 26.0 Å². The molecule has 0 aliphatic carbocycles. The Morgan fingerprint density at radius 3 is 2.53 bits per heavy atom. The molecule has 32 heavy (non-hydrogen) atoms. The number of benzene rings is 2. The van der Waals surface area contributed by atoms with Crippen molar-refractivity contribution in [3.63, 3.8) is 0 Å². The normalized spacial score (nSPS) is 15.5. The fourth-order valence-electron chi connectivity index (χ4n) is 3.73. The molecule has 0 bridgehead atoms. The van der Waals surface area contributed by atoms with E-state index >= 15 is 0 Å². The largest absolute Gasteiger partial charge is 0.497 e. The van der Waals surface area contributed by atoms with E-state index in [-0.39, 0.29) is 24.3 Å². The molecule has 0 radical (unpaired) electrons. The topological polar surface area (TPSA) is 71.4 Å². The molecule has 0 fully saturated rings. The van der Waals surface area contributed by atoms with Gasteiger partial charge in [0.15, 0.2) is 0 Å². The Balaban J connectivity index is 2.01. The standard InChI is InChI=1S/C24H28ClN3O4/c1-15(2)24(30)27(3)14-23(29)28-21(18-12-16(31-4)10-11-22(18)32-5)13-20(26-28)17-8-6-7-9-19(17)25/h6-12,15,21H,13-14H2,1-5H3/t21-/m1/s1. The van der Waals surface area contributed by atoms with Crippen molar-refractivity contribution in [2.45, 2.75) is 26.3 Å². The van der Waals surface area contributed by atoms with Crippen LogP contribution in [0.2, 0.25) is 5.02 Å². The van der Waals surface area contributed by atoms with Crippen LogP contribution in [0.15, 0.2) is 47.6 Å². The fraction of sp³-hybridized carbons (Fsp3) is 0.375. The first-order valence-corrected chi connectivity index (χ1v) is 10.8. The molecule has 0 saturated carbocycles. The van der Waals surface area contributed by atoms with E-state index < -0.39 is 6.04 Å². The summed E-state index contributed by atoms with van der Waals surface area (Å²) in [6.07, 6.45) is 0.445. The maximum absolute atomic E-state index is 13.3. The molecule has 2 amide bonds. The highest BCUT2D eigenvalue weighted by molar-refractivity contribution is 6.34. The monoisotopic (exact) mass is 457 g/mol. The van der Waals surface area contributed by atoms with Crippen LogP contribution in [0.25, 0.3) is 0 Å². The third-order valence-electron chi connectivity index (χ3n) is 5.39. The summed E-state index contributed by atoms with van der Waals surface area (Å²) in [4.78, 5) is 27.1. The second kappa shape index (κ2) is 10.0. The molecule has 8 heteroatoms. The fourth-order valence-corrected chi connectivity index (χ4v) is 3.98. The smallest absolute Gasteiger partial charge is 0.262 e. The van der Waals surface area contributed by atoms with E-state index in [2.05, 4.69) is 5.10 Å². The Labute approximate surface area is 193 Å². The SMILES string of the molecule is COc1ccc(OC)c([C@H]2CC(c3ccccc3Cl)=NN2C(=O)CN(C)C(=O)C(C)C)c1. The van der Waals surface area contributed by atoms with Crippen molar-refractivity contribution in [2.24, 2.45) is 11.0 Å². The average Bonchev–Trinajstić information content (AvgIpc) is 3.23. The van der Waals surface area contributed by atoms with E-state index in [9.17, 15) is 9.59 Å². The van der Waals surface area contributed by atoms with Crippen LogP contribution >= 0.6 is 11.6 Å². The predicted molar refractivity (Wildman–Crippen MR) is 124 cm³/mol. The van der Waals surface area contributed by atoms with Crippen molar-refractivity contribution >= 4 is 29.1 Å². The summed E-state index contributed by atoms with van der Waals surface area (Å²) in [5.41, 5.74) is 2.23. The lowest BCUT2D eigenvalue weighted by Gasteiger charge is -2.26. The Bertz CT molecular complexity index is 1040. The van der Waals surface area contributed by atoms with Gasteiger partial charge in [0.25, 0.3) is 5.91 Å². The van der Waals surface area contributed by atoms with Crippen LogP contribution < -0.4 is 9.47 Å². The second-order valence-corrected chi connectivity index (χ2v) is 8.35. The second-order valence-electron chi connectivity index (χ2n) is 7.94. The number of hydrogen-bond acceptors (Lipinski definition) is 5. The highest BCUT2D eigenvalue weighted by Gasteiger charge is 2.36. The van der Waals surface area contributed by atoms with Gasteiger partial charge in [-0.05, 0) is 24.3 Å². The van der Waals surface area contributed by atoms with Gasteiger partial charge in [-0.1, -0.05) is 43.6 Å². The lowest BCUT2D eigenvalue weighted by molar-refractivity contribution is -0.142. The first-order chi connectivity index (χ1) is 15.3. The number of hydrazone groups is 1. The van der Waals surface area contributed by atoms with Crippen LogP contribution in [-0.2, 0) is 9.59 Å². The lowest BCUT2D eigenvalue weighted by atomic mass is 9.97. The molecule has 1 heterocycles. The molecule has 1 aliphatic rings. The van der Waals surface area contributed by atoms with Gasteiger partial charge in [-0.3, -0.25) is 9.59 Å². The molecule has 0 N–H and O–H groups in total. The number of halogens is 1. The summed E-state index contributed by atoms with van der Waals surface area (Å²) >= 11 is 6.41. The number of carbonyl (C=O) groups is 2. The van der Waals surface area contributed by atoms with Crippen molar-refractivity contribution in [3.05, 3.63) is 58.6 Å². The first kappa shape index (κ1) is 23.6. The molecule has 2 aromatic rings. The molecule has 0 aromatic heterocycles. The van der Waals surface area contributed by atoms with Crippen molar-refractivity contribution < 1.29 is 19.1 Å². The predicted octanol–water partition coefficient (Wildman–Crippen LogP) is 4.15. The van der Waals surface area contributed by atoms with Gasteiger partial charge in [0.2, 0.25) is 5.91 Å². The maximum Gasteiger partial charge on any atom is 0.262 e. The van der Waals surface area contributed by atoms with Gasteiger partial charge in [-0.15, -0.1) is 0 Å². The minimum Gasteiger partial charge on any atom is -0.497 e. The van der Waals surface area contributed by atoms with Crippen LogP contribution in [0.3, 0.4) is 0 Å². The summed E-state index contributed by atoms with van der Waals surface area (Å²) in [5.74, 6) is 0.659. The number of likely N-dealkylation sites (N-methyl/N-ethyl adjacent to an activating group) is 1. The Morgan fingerprint density at radius 2 is 1.91 bits per heavy atom. The minimum atomic E-state index is -0.429. The third-order valence-corrected chi connectivity index (χ3v) is 5.72. The molecule has 0 saturated heterocycles. The van der Waals surface area contributed by atoms with Crippen LogP contribution in [0.4, 0.5) is 0 Å². The van der Waals surface area contributed by atoms with Gasteiger partial charge in [0.1, 0.15) is 18.0 Å². The van der Waals surface area contributed by atoms with E-state index in [1.807, 2.05) is 24.3 Å². The summed E-state index contributed by atoms with van der Waals surface area (Å²) in [6, 6.07) is 12.4. The van der Waals surface area contributed by atoms with E-state index in [0.717, 1.165) is 11.1 Å². The number of amides is 2. The molecule has 0 unspecified atom stereocenters. The molecule has 3 rings (SSSR count). The summed E-state index contributed by atoms with van der Waals surface area (Å²) < 4.78 is 11.0. The van der Waals surface area contributed by atoms with E-state index in [1.54, 1.807) is 53.3 Å². The highest BCUT2D eigenvalue weighted by atomic mass is 35.5. The zero-order valence-corrected chi connectivity index (χ0v) is 19.7. The van der Waals surface area contributed by atoms with Crippen molar-refractivity contribution in [1.82, 2.24) is 9.91 Å². The lowest BCUT2D eigenvalue weighted by Crippen LogP contribution is -2.40. The molecule has 1 aliphatic heterocycles. The zero-order valence-electron chi connectivity index (χ0n) is 19.0. The molecular formula is C24H28ClN3O4. The Kier molecular flexibility index (Phi) is 7.40. The highest BCUT2D eigenvalue weighted by Crippen LogP contribution is 2.40. The molecule has 2 aromatic carbocycles. The Morgan fingerprint density at radius 1 is 1.19 bits per heavy atom. The number of nitrogens with zero attached hydrogens (tertiary/aromatic N) is 3. The van der Waals surface area contributed by atoms with E-state index in [0.29, 0.717) is 28.7 Å². The van der Waals surface area contributed by atoms with Crippen LogP contribution in [0, 0.1) is 5.92 Å². The van der Waals surface area contributed by atoms with E-state index in [4.69, 9.17) is 21.1 Å². The summed E-state index contributed by atoms with van der Waals surface area (Å²) in [6.45, 7) is 3.52. The van der Waals surface area contributed by atoms with Crippen LogP contribution in [0.1, 0.15) is 37.4 Å². The maximum atomic E-state index is 13.3. The molecule has 7 nitrogen and oxygen atoms in total. The van der Waals surface area contributed by atoms with Gasteiger partial charge in [-0.25, -0.2) is 5.01 Å². The van der Waals surface area contributed by atoms with Crippen molar-refractivity contribution in [3.8, 4) is 11.5 Å². The number of hydrogen-bond donors (Lipinski definition) is 0. The van der Waals surface area contributed by atoms with E-state index in [1.165, 1.54) is 9.91 Å². The van der Waals surface area contributed by atoms with Gasteiger partial charge in [-0.2, -0.15) is 5.10 Å². The Hall–Kier alpha value is -3.06. The third kappa shape index (κ3) is 4.88. The van der Waals surface area contributed by atoms with Crippen molar-refractivity contribution in [1.29, 1.82) is 0 Å². The summed E-state index contributed by atoms with van der Waals surface area (Å²) in [5, 5.41) is 6.64. The first-order valence-electron chi connectivity index (χ1n) is 10.4. The molecule has 1 atom stereocenters. The average molecular weight is 458 g/mol. The number of methoxy groups -OCH3 is 2. The van der Waals surface area contributed by atoms with Gasteiger partial charge < -0.3 is 14.4 Å². The van der Waals surface area contributed by atoms with Gasteiger partial charge in [0, 0.05) is 35.5 Å². The number of carbonyl (C=O) groups excluding carboxylic acids is 2. The van der Waals surface area contributed by atoms with Crippen LogP contribution in [-0.4, -0.2) is 55.2 Å². The molecular weight excluding hydrogens is 430 g/mol. The number of rotatable bonds is 7. The molecule has 0 spiro atoms. The minimum absolute atomic E-state index is 0.0842. The summed E-state index contributed by atoms with van der Waals surface area (Å²) in [7, 11) is 4.79. The zero-order chi connectivity index (χ0) is 23.4. The van der Waals surface area contributed by atoms with Crippen molar-refractivity contribution in [2.75, 3.05) is 27.8 Å². The van der Waals surface area contributed by atoms with Crippen LogP contribution in [0.5, 0.6) is 11.5 Å². The molecule has 170 valence electrons.